The lowest BCUT2D eigenvalue weighted by Gasteiger charge is -2.08. The molecule has 1 unspecified atom stereocenters. The first kappa shape index (κ1) is 8.47. The van der Waals surface area contributed by atoms with Crippen LogP contribution >= 0.6 is 55.1 Å². The van der Waals surface area contributed by atoms with Gasteiger partial charge in [0.15, 0.2) is 2.69 Å². The van der Waals surface area contributed by atoms with Gasteiger partial charge in [-0.15, -0.1) is 0 Å². The summed E-state index contributed by atoms with van der Waals surface area (Å²) in [5.41, 5.74) is -1.63. The highest BCUT2D eigenvalue weighted by Gasteiger charge is 2.28. The summed E-state index contributed by atoms with van der Waals surface area (Å²) in [6.07, 6.45) is 0. The largest absolute Gasteiger partial charge is 0.226 e. The normalized spacial score (nSPS) is 16.7. The van der Waals surface area contributed by atoms with Crippen LogP contribution in [0, 0.1) is 0 Å². The van der Waals surface area contributed by atoms with Gasteiger partial charge in [-0.2, -0.15) is 0 Å². The Morgan fingerprint density at radius 2 is 1.71 bits per heavy atom. The van der Waals surface area contributed by atoms with Crippen LogP contribution in [0.25, 0.3) is 0 Å². The molecule has 0 aromatic heterocycles. The monoisotopic (exact) mass is 272 g/mol. The molecule has 0 bridgehead atoms. The Morgan fingerprint density at radius 3 is 1.71 bits per heavy atom. The molecule has 0 N–H and O–H groups in total. The third-order valence-corrected chi connectivity index (χ3v) is 2.21. The fourth-order valence-corrected chi connectivity index (χ4v) is 0. The molecule has 0 saturated carbocycles. The van der Waals surface area contributed by atoms with Gasteiger partial charge in [0, 0.05) is 0 Å². The van der Waals surface area contributed by atoms with Crippen molar-refractivity contribution in [3.63, 3.8) is 0 Å². The summed E-state index contributed by atoms with van der Waals surface area (Å²) >= 11 is 15.5. The molecule has 0 rings (SSSR count). The smallest absolute Gasteiger partial charge is 0.212 e. The zero-order valence-corrected chi connectivity index (χ0v) is 7.65. The molecule has 7 heavy (non-hydrogen) atoms. The highest BCUT2D eigenvalue weighted by Crippen LogP contribution is 2.38. The van der Waals surface area contributed by atoms with Gasteiger partial charge in [0.25, 0.3) is 0 Å². The average Bonchev–Trinajstić information content (AvgIpc) is 1.31. The summed E-state index contributed by atoms with van der Waals surface area (Å²) in [5.74, 6) is 0. The quantitative estimate of drug-likeness (QED) is 0.644. The summed E-state index contributed by atoms with van der Waals surface area (Å²) in [6.45, 7) is 0. The first-order valence-corrected chi connectivity index (χ1v) is 3.69. The Labute approximate surface area is 67.6 Å². The van der Waals surface area contributed by atoms with Crippen molar-refractivity contribution in [3.8, 4) is 0 Å². The van der Waals surface area contributed by atoms with Crippen molar-refractivity contribution < 1.29 is 4.39 Å². The van der Waals surface area contributed by atoms with Gasteiger partial charge in [-0.3, -0.25) is 0 Å². The van der Waals surface area contributed by atoms with E-state index >= 15 is 0 Å². The van der Waals surface area contributed by atoms with E-state index in [0.29, 0.717) is 0 Å². The molecule has 0 radical (unpaired) electrons. The van der Waals surface area contributed by atoms with E-state index in [9.17, 15) is 4.39 Å². The van der Waals surface area contributed by atoms with E-state index in [1.165, 1.54) is 0 Å². The van der Waals surface area contributed by atoms with Crippen LogP contribution in [0.5, 0.6) is 0 Å². The van der Waals surface area contributed by atoms with Crippen LogP contribution < -0.4 is 0 Å². The van der Waals surface area contributed by atoms with Crippen LogP contribution in [0.1, 0.15) is 0 Å². The van der Waals surface area contributed by atoms with E-state index in [1.807, 2.05) is 0 Å². The molecule has 0 fully saturated rings. The van der Waals surface area contributed by atoms with Gasteiger partial charge in [0.1, 0.15) is 0 Å². The Hall–Kier alpha value is 1.47. The van der Waals surface area contributed by atoms with Crippen molar-refractivity contribution in [2.24, 2.45) is 0 Å². The van der Waals surface area contributed by atoms with Gasteiger partial charge in [-0.05, 0) is 0 Å². The Kier molecular flexibility index (Phi) is 3.45. The molecule has 1 atom stereocenters. The topological polar surface area (TPSA) is 0 Å². The van der Waals surface area contributed by atoms with Crippen LogP contribution in [-0.4, -0.2) is 8.32 Å². The summed E-state index contributed by atoms with van der Waals surface area (Å²) < 4.78 is 10.4. The number of halogens is 5. The van der Waals surface area contributed by atoms with E-state index in [0.717, 1.165) is 0 Å². The molecule has 0 aliphatic carbocycles. The molecule has 0 heterocycles. The van der Waals surface area contributed by atoms with E-state index < -0.39 is 8.32 Å². The molecule has 44 valence electrons. The summed E-state index contributed by atoms with van der Waals surface area (Å²) in [7, 11) is 0. The maximum Gasteiger partial charge on any atom is 0.212 e. The molecular formula is C2HBr2Cl2F. The fraction of sp³-hybridized carbons (Fsp3) is 1.00. The molecule has 0 aliphatic rings. The van der Waals surface area contributed by atoms with E-state index in [2.05, 4.69) is 31.9 Å². The Bertz CT molecular complexity index is 59.2. The second-order valence-electron chi connectivity index (χ2n) is 0.842. The molecule has 0 aromatic rings. The Morgan fingerprint density at radius 1 is 1.57 bits per heavy atom. The van der Waals surface area contributed by atoms with Crippen molar-refractivity contribution >= 4 is 55.1 Å². The zero-order valence-electron chi connectivity index (χ0n) is 2.97. The van der Waals surface area contributed by atoms with Crippen LogP contribution in [-0.2, 0) is 0 Å². The van der Waals surface area contributed by atoms with Gasteiger partial charge < -0.3 is 0 Å². The van der Waals surface area contributed by atoms with Crippen LogP contribution in [0.3, 0.4) is 0 Å². The van der Waals surface area contributed by atoms with Crippen molar-refractivity contribution in [1.29, 1.82) is 0 Å². The maximum atomic E-state index is 11.7. The predicted octanol–water partition coefficient (Wildman–Crippen LogP) is 3.20. The van der Waals surface area contributed by atoms with Crippen LogP contribution in [0.15, 0.2) is 0 Å². The molecule has 0 aromatic carbocycles. The van der Waals surface area contributed by atoms with Crippen molar-refractivity contribution in [1.82, 2.24) is 0 Å². The molecular weight excluding hydrogens is 274 g/mol. The molecule has 0 spiro atoms. The zero-order chi connectivity index (χ0) is 6.08. The standard InChI is InChI=1S/C2HBr2Cl2F/c3-2(4,6)1(5)7/h1H. The van der Waals surface area contributed by atoms with Gasteiger partial charge in [0.2, 0.25) is 5.63 Å². The lowest BCUT2D eigenvalue weighted by molar-refractivity contribution is 0.461. The number of alkyl halides is 5. The fourth-order valence-electron chi connectivity index (χ4n) is 0. The summed E-state index contributed by atoms with van der Waals surface area (Å²) in [4.78, 5) is 0. The Balaban J connectivity index is 3.54. The minimum Gasteiger partial charge on any atom is -0.226 e. The van der Waals surface area contributed by atoms with Crippen LogP contribution in [0.2, 0.25) is 0 Å². The number of rotatable bonds is 1. The lowest BCUT2D eigenvalue weighted by Crippen LogP contribution is -2.11. The van der Waals surface area contributed by atoms with Gasteiger partial charge >= 0.3 is 0 Å². The van der Waals surface area contributed by atoms with Gasteiger partial charge in [-0.25, -0.2) is 4.39 Å². The third kappa shape index (κ3) is 4.01. The summed E-state index contributed by atoms with van der Waals surface area (Å²) in [5, 5.41) is 0. The van der Waals surface area contributed by atoms with Gasteiger partial charge in [-0.1, -0.05) is 55.1 Å². The molecule has 0 saturated heterocycles. The van der Waals surface area contributed by atoms with E-state index in [1.54, 1.807) is 0 Å². The highest BCUT2D eigenvalue weighted by molar-refractivity contribution is 9.26. The van der Waals surface area contributed by atoms with Crippen LogP contribution in [0.4, 0.5) is 4.39 Å². The molecule has 0 aliphatic heterocycles. The van der Waals surface area contributed by atoms with E-state index in [4.69, 9.17) is 23.2 Å². The van der Waals surface area contributed by atoms with E-state index in [-0.39, 0.29) is 0 Å². The number of hydrogen-bond donors (Lipinski definition) is 0. The second-order valence-corrected chi connectivity index (χ2v) is 6.30. The molecule has 0 nitrogen and oxygen atoms in total. The van der Waals surface area contributed by atoms with Crippen molar-refractivity contribution in [3.05, 3.63) is 0 Å². The highest BCUT2D eigenvalue weighted by atomic mass is 79.9. The SMILES string of the molecule is FC(Cl)C(Cl)(Br)Br. The van der Waals surface area contributed by atoms with Crippen molar-refractivity contribution in [2.75, 3.05) is 0 Å². The summed E-state index contributed by atoms with van der Waals surface area (Å²) in [6, 6.07) is 0. The van der Waals surface area contributed by atoms with Gasteiger partial charge in [0.05, 0.1) is 0 Å². The lowest BCUT2D eigenvalue weighted by atomic mass is 10.9. The first-order valence-electron chi connectivity index (χ1n) is 1.29. The molecule has 5 heteroatoms. The first-order chi connectivity index (χ1) is 2.94. The second kappa shape index (κ2) is 2.85. The minimum atomic E-state index is -1.63. The number of hydrogen-bond acceptors (Lipinski definition) is 0. The average molecular weight is 275 g/mol. The third-order valence-electron chi connectivity index (χ3n) is 0.247. The van der Waals surface area contributed by atoms with Crippen molar-refractivity contribution in [2.45, 2.75) is 8.32 Å². The molecule has 0 amide bonds. The predicted molar refractivity (Wildman–Crippen MR) is 37.2 cm³/mol. The maximum absolute atomic E-state index is 11.7. The minimum absolute atomic E-state index is 1.30.